The summed E-state index contributed by atoms with van der Waals surface area (Å²) in [7, 11) is 0. The Labute approximate surface area is 491 Å². The molecule has 1 unspecified atom stereocenters. The summed E-state index contributed by atoms with van der Waals surface area (Å²) < 4.78 is 0. The molecule has 0 N–H and O–H groups in total. The van der Waals surface area contributed by atoms with Crippen molar-refractivity contribution in [1.29, 1.82) is 0 Å². The third-order valence-electron chi connectivity index (χ3n) is 16.0. The molecule has 1 atom stereocenters. The fraction of sp³-hybridized carbons (Fsp3) is 0.100. The summed E-state index contributed by atoms with van der Waals surface area (Å²) in [5, 5.41) is 0. The lowest BCUT2D eigenvalue weighted by molar-refractivity contribution is 0.621. The molecule has 0 amide bonds. The molecule has 0 saturated carbocycles. The minimum absolute atomic E-state index is 0.392. The molecule has 12 aromatic carbocycles. The van der Waals surface area contributed by atoms with Gasteiger partial charge in [0.15, 0.2) is 0 Å². The Kier molecular flexibility index (Phi) is 16.0. The first-order valence-corrected chi connectivity index (χ1v) is 29.1. The molecule has 0 heterocycles. The van der Waals surface area contributed by atoms with Gasteiger partial charge in [-0.1, -0.05) is 194 Å². The molecule has 0 radical (unpaired) electrons. The van der Waals surface area contributed by atoms with Gasteiger partial charge in [-0.25, -0.2) is 0 Å². The number of hydrogen-bond acceptors (Lipinski definition) is 3. The SMILES string of the molecule is Cc1cccc(N(c2ccc(-c3ccc(CC(CCc4ccc(-c5ccc(N(c6ccccc6)c6ccc(-c7ccc(N(c8cccc(C)c8)c8cccc(C)c8)cc7)cc6)cc5)cc4)c4ccccc4)cc3)cc2)c2cccc(C)c2)c1. The minimum Gasteiger partial charge on any atom is -0.311 e. The van der Waals surface area contributed by atoms with E-state index in [-0.39, 0.29) is 0 Å². The number of anilines is 9. The second-order valence-electron chi connectivity index (χ2n) is 22.1. The van der Waals surface area contributed by atoms with Crippen molar-refractivity contribution >= 4 is 51.2 Å². The van der Waals surface area contributed by atoms with Crippen molar-refractivity contribution in [2.24, 2.45) is 0 Å². The zero-order valence-electron chi connectivity index (χ0n) is 47.9. The summed E-state index contributed by atoms with van der Waals surface area (Å²) in [6.07, 6.45) is 3.04. The fourth-order valence-electron chi connectivity index (χ4n) is 11.6. The largest absolute Gasteiger partial charge is 0.311 e. The van der Waals surface area contributed by atoms with E-state index in [9.17, 15) is 0 Å². The standard InChI is InChI=1S/C80H69N3/c1-58-15-11-23-77(53-58)82(78-24-12-16-59(2)54-78)75-49-41-68(42-50-75)66-34-30-63(31-35-66)57-71(64-19-7-5-8-20-64)36-29-62-27-32-65(33-28-62)67-37-45-73(46-38-67)81(72-21-9-6-10-22-72)74-47-39-69(40-48-74)70-43-51-76(52-44-70)83(79-25-13-17-60(3)55-79)80-26-14-18-61(4)56-80/h5-28,30-35,37-56,71H,29,36,57H2,1-4H3. The van der Waals surface area contributed by atoms with E-state index in [1.165, 1.54) is 72.3 Å². The van der Waals surface area contributed by atoms with Crippen LogP contribution in [0.15, 0.2) is 303 Å². The highest BCUT2D eigenvalue weighted by Crippen LogP contribution is 2.41. The Balaban J connectivity index is 0.711. The van der Waals surface area contributed by atoms with E-state index in [1.54, 1.807) is 0 Å². The topological polar surface area (TPSA) is 9.72 Å². The molecule has 3 nitrogen and oxygen atoms in total. The van der Waals surface area contributed by atoms with Crippen LogP contribution in [0.2, 0.25) is 0 Å². The third kappa shape index (κ3) is 12.7. The molecule has 12 aromatic rings. The molecular weight excluding hydrogens is 1000 g/mol. The molecule has 3 heteroatoms. The number of benzene rings is 12. The van der Waals surface area contributed by atoms with Crippen LogP contribution in [-0.2, 0) is 12.8 Å². The Bertz CT molecular complexity index is 3970. The summed E-state index contributed by atoms with van der Waals surface area (Å²) in [6.45, 7) is 8.61. The van der Waals surface area contributed by atoms with Gasteiger partial charge in [-0.05, 0) is 234 Å². The van der Waals surface area contributed by atoms with Crippen LogP contribution in [0.4, 0.5) is 51.2 Å². The lowest BCUT2D eigenvalue weighted by atomic mass is 9.86. The predicted molar refractivity (Wildman–Crippen MR) is 353 cm³/mol. The van der Waals surface area contributed by atoms with Gasteiger partial charge < -0.3 is 14.7 Å². The molecule has 0 aromatic heterocycles. The van der Waals surface area contributed by atoms with Gasteiger partial charge in [0.05, 0.1) is 0 Å². The quantitative estimate of drug-likeness (QED) is 0.0848. The number of rotatable bonds is 18. The van der Waals surface area contributed by atoms with Crippen LogP contribution in [0.1, 0.15) is 51.3 Å². The summed E-state index contributed by atoms with van der Waals surface area (Å²) in [5.41, 5.74) is 26.4. The molecule has 0 bridgehead atoms. The molecule has 0 fully saturated rings. The Morgan fingerprint density at radius 1 is 0.241 bits per heavy atom. The third-order valence-corrected chi connectivity index (χ3v) is 16.0. The zero-order chi connectivity index (χ0) is 56.5. The molecule has 12 rings (SSSR count). The van der Waals surface area contributed by atoms with Crippen molar-refractivity contribution < 1.29 is 0 Å². The number of nitrogens with zero attached hydrogens (tertiary/aromatic N) is 3. The molecule has 83 heavy (non-hydrogen) atoms. The van der Waals surface area contributed by atoms with Crippen molar-refractivity contribution in [1.82, 2.24) is 0 Å². The van der Waals surface area contributed by atoms with Gasteiger partial charge in [0.2, 0.25) is 0 Å². The first kappa shape index (κ1) is 53.7. The molecule has 0 spiro atoms. The predicted octanol–water partition coefficient (Wildman–Crippen LogP) is 22.3. The Hall–Kier alpha value is -9.96. The van der Waals surface area contributed by atoms with Gasteiger partial charge in [-0.2, -0.15) is 0 Å². The van der Waals surface area contributed by atoms with Crippen LogP contribution in [0.5, 0.6) is 0 Å². The second-order valence-corrected chi connectivity index (χ2v) is 22.1. The molecule has 0 aliphatic rings. The van der Waals surface area contributed by atoms with Gasteiger partial charge in [-0.15, -0.1) is 0 Å². The molecule has 404 valence electrons. The van der Waals surface area contributed by atoms with E-state index in [4.69, 9.17) is 0 Å². The van der Waals surface area contributed by atoms with Crippen molar-refractivity contribution in [2.45, 2.75) is 52.9 Å². The molecule has 0 aliphatic carbocycles. The Morgan fingerprint density at radius 2 is 0.506 bits per heavy atom. The van der Waals surface area contributed by atoms with Crippen molar-refractivity contribution in [3.8, 4) is 33.4 Å². The van der Waals surface area contributed by atoms with Gasteiger partial charge in [-0.3, -0.25) is 0 Å². The Morgan fingerprint density at radius 3 is 0.831 bits per heavy atom. The number of aryl methyl sites for hydroxylation is 5. The number of hydrogen-bond donors (Lipinski definition) is 0. The van der Waals surface area contributed by atoms with Crippen LogP contribution in [0.25, 0.3) is 33.4 Å². The van der Waals surface area contributed by atoms with Crippen LogP contribution in [-0.4, -0.2) is 0 Å². The molecule has 0 aliphatic heterocycles. The fourth-order valence-corrected chi connectivity index (χ4v) is 11.6. The van der Waals surface area contributed by atoms with Gasteiger partial charge in [0.1, 0.15) is 0 Å². The maximum atomic E-state index is 2.35. The van der Waals surface area contributed by atoms with Crippen LogP contribution < -0.4 is 14.7 Å². The lowest BCUT2D eigenvalue weighted by Gasteiger charge is -2.26. The van der Waals surface area contributed by atoms with Crippen molar-refractivity contribution in [3.05, 3.63) is 342 Å². The summed E-state index contributed by atoms with van der Waals surface area (Å²) in [4.78, 5) is 7.02. The van der Waals surface area contributed by atoms with Gasteiger partial charge in [0.25, 0.3) is 0 Å². The van der Waals surface area contributed by atoms with E-state index in [0.29, 0.717) is 5.92 Å². The monoisotopic (exact) mass is 1070 g/mol. The van der Waals surface area contributed by atoms with E-state index >= 15 is 0 Å². The van der Waals surface area contributed by atoms with Crippen LogP contribution in [0, 0.1) is 27.7 Å². The maximum Gasteiger partial charge on any atom is 0.0464 e. The first-order valence-electron chi connectivity index (χ1n) is 29.1. The summed E-state index contributed by atoms with van der Waals surface area (Å²) >= 11 is 0. The van der Waals surface area contributed by atoms with E-state index in [1.807, 2.05) is 0 Å². The normalized spacial score (nSPS) is 11.5. The van der Waals surface area contributed by atoms with Crippen molar-refractivity contribution in [2.75, 3.05) is 14.7 Å². The summed E-state index contributed by atoms with van der Waals surface area (Å²) in [5.74, 6) is 0.392. The molecule has 0 saturated heterocycles. The minimum atomic E-state index is 0.392. The lowest BCUT2D eigenvalue weighted by Crippen LogP contribution is -2.10. The highest BCUT2D eigenvalue weighted by Gasteiger charge is 2.18. The van der Waals surface area contributed by atoms with Crippen LogP contribution >= 0.6 is 0 Å². The average molecular weight is 1070 g/mol. The summed E-state index contributed by atoms with van der Waals surface area (Å²) in [6, 6.07) is 111. The van der Waals surface area contributed by atoms with Crippen LogP contribution in [0.3, 0.4) is 0 Å². The van der Waals surface area contributed by atoms with E-state index in [0.717, 1.165) is 70.4 Å². The number of para-hydroxylation sites is 1. The highest BCUT2D eigenvalue weighted by molar-refractivity contribution is 5.83. The van der Waals surface area contributed by atoms with Gasteiger partial charge >= 0.3 is 0 Å². The molecular formula is C80H69N3. The smallest absolute Gasteiger partial charge is 0.0464 e. The van der Waals surface area contributed by atoms with Crippen molar-refractivity contribution in [3.63, 3.8) is 0 Å². The van der Waals surface area contributed by atoms with E-state index in [2.05, 4.69) is 346 Å². The van der Waals surface area contributed by atoms with Gasteiger partial charge in [0, 0.05) is 51.2 Å². The van der Waals surface area contributed by atoms with E-state index < -0.39 is 0 Å². The zero-order valence-corrected chi connectivity index (χ0v) is 47.9. The maximum absolute atomic E-state index is 2.35. The second kappa shape index (κ2) is 24.8. The highest BCUT2D eigenvalue weighted by atomic mass is 15.2. The average Bonchev–Trinajstić information content (AvgIpc) is 3.72. The first-order chi connectivity index (χ1) is 40.7.